The van der Waals surface area contributed by atoms with E-state index in [4.69, 9.17) is 16.2 Å². The Labute approximate surface area is 119 Å². The minimum atomic E-state index is -4.47. The first kappa shape index (κ1) is 15.6. The number of sulfonamides is 1. The van der Waals surface area contributed by atoms with Gasteiger partial charge in [0.05, 0.1) is 13.2 Å². The molecule has 0 spiro atoms. The molecule has 116 valence electrons. The number of hydrogen-bond acceptors (Lipinski definition) is 5. The Hall–Kier alpha value is -1.78. The van der Waals surface area contributed by atoms with E-state index in [1.807, 2.05) is 0 Å². The van der Waals surface area contributed by atoms with E-state index in [2.05, 4.69) is 0 Å². The number of nitrogens with zero attached hydrogens (tertiary/aromatic N) is 1. The number of anilines is 1. The summed E-state index contributed by atoms with van der Waals surface area (Å²) in [6.45, 7) is -0.442. The van der Waals surface area contributed by atoms with Crippen molar-refractivity contribution in [3.8, 4) is 0 Å². The van der Waals surface area contributed by atoms with E-state index in [1.165, 1.54) is 0 Å². The second kappa shape index (κ2) is 5.54. The van der Waals surface area contributed by atoms with E-state index in [0.29, 0.717) is 10.4 Å². The molecule has 1 heterocycles. The van der Waals surface area contributed by atoms with Gasteiger partial charge in [-0.25, -0.2) is 17.2 Å². The second-order valence-corrected chi connectivity index (χ2v) is 6.28. The lowest BCUT2D eigenvalue weighted by Crippen LogP contribution is -2.54. The van der Waals surface area contributed by atoms with Crippen molar-refractivity contribution in [2.75, 3.05) is 25.5 Å². The summed E-state index contributed by atoms with van der Waals surface area (Å²) in [5.74, 6) is -3.89. The summed E-state index contributed by atoms with van der Waals surface area (Å²) >= 11 is 0. The summed E-state index contributed by atoms with van der Waals surface area (Å²) in [7, 11) is -4.47. The molecule has 0 radical (unpaired) electrons. The quantitative estimate of drug-likeness (QED) is 0.723. The number of amides is 1. The molecule has 1 aliphatic rings. The number of primary amides is 1. The van der Waals surface area contributed by atoms with Crippen LogP contribution >= 0.6 is 0 Å². The van der Waals surface area contributed by atoms with E-state index < -0.39 is 38.5 Å². The number of nitrogens with two attached hydrogens (primary N) is 2. The van der Waals surface area contributed by atoms with Crippen LogP contribution in [0.5, 0.6) is 0 Å². The van der Waals surface area contributed by atoms with Gasteiger partial charge in [0.2, 0.25) is 15.9 Å². The lowest BCUT2D eigenvalue weighted by molar-refractivity contribution is -0.125. The molecule has 1 unspecified atom stereocenters. The van der Waals surface area contributed by atoms with Gasteiger partial charge in [-0.3, -0.25) is 4.79 Å². The molecule has 4 N–H and O–H groups in total. The zero-order valence-electron chi connectivity index (χ0n) is 10.8. The van der Waals surface area contributed by atoms with Crippen LogP contribution in [0.2, 0.25) is 0 Å². The highest BCUT2D eigenvalue weighted by atomic mass is 32.2. The van der Waals surface area contributed by atoms with Gasteiger partial charge < -0.3 is 16.2 Å². The third-order valence-corrected chi connectivity index (χ3v) is 4.92. The zero-order chi connectivity index (χ0) is 15.8. The molecular weight excluding hydrogens is 308 g/mol. The van der Waals surface area contributed by atoms with Crippen molar-refractivity contribution in [3.05, 3.63) is 23.8 Å². The minimum absolute atomic E-state index is 0.00935. The smallest absolute Gasteiger partial charge is 0.247 e. The SMILES string of the molecule is NC(=O)C1COCCN1S(=O)(=O)c1cc(N)cc(F)c1F. The molecule has 1 saturated heterocycles. The maximum Gasteiger partial charge on any atom is 0.247 e. The fraction of sp³-hybridized carbons (Fsp3) is 0.364. The first-order valence-corrected chi connectivity index (χ1v) is 7.32. The molecule has 1 atom stereocenters. The lowest BCUT2D eigenvalue weighted by atomic mass is 10.3. The van der Waals surface area contributed by atoms with Crippen molar-refractivity contribution in [2.45, 2.75) is 10.9 Å². The van der Waals surface area contributed by atoms with Gasteiger partial charge in [0.1, 0.15) is 10.9 Å². The average molecular weight is 321 g/mol. The molecule has 1 aliphatic heterocycles. The molecule has 10 heteroatoms. The number of morpholine rings is 1. The first-order chi connectivity index (χ1) is 9.75. The zero-order valence-corrected chi connectivity index (χ0v) is 11.6. The first-order valence-electron chi connectivity index (χ1n) is 5.88. The maximum atomic E-state index is 13.8. The molecule has 0 aliphatic carbocycles. The van der Waals surface area contributed by atoms with Crippen LogP contribution in [0.3, 0.4) is 0 Å². The second-order valence-electron chi connectivity index (χ2n) is 4.42. The predicted octanol–water partition coefficient (Wildman–Crippen LogP) is -0.578. The van der Waals surface area contributed by atoms with Crippen LogP contribution in [0.4, 0.5) is 14.5 Å². The van der Waals surface area contributed by atoms with Gasteiger partial charge in [-0.15, -0.1) is 0 Å². The van der Waals surface area contributed by atoms with Crippen LogP contribution in [-0.2, 0) is 19.6 Å². The van der Waals surface area contributed by atoms with Gasteiger partial charge in [-0.05, 0) is 12.1 Å². The van der Waals surface area contributed by atoms with Gasteiger partial charge in [0.25, 0.3) is 0 Å². The summed E-state index contributed by atoms with van der Waals surface area (Å²) in [6.07, 6.45) is 0. The molecule has 1 aromatic rings. The summed E-state index contributed by atoms with van der Waals surface area (Å²) in [5.41, 5.74) is 10.2. The van der Waals surface area contributed by atoms with Crippen molar-refractivity contribution < 1.29 is 26.7 Å². The topological polar surface area (TPSA) is 116 Å². The van der Waals surface area contributed by atoms with Gasteiger partial charge >= 0.3 is 0 Å². The Kier molecular flexibility index (Phi) is 4.12. The molecule has 21 heavy (non-hydrogen) atoms. The molecule has 1 fully saturated rings. The highest BCUT2D eigenvalue weighted by Gasteiger charge is 2.39. The average Bonchev–Trinajstić information content (AvgIpc) is 2.42. The van der Waals surface area contributed by atoms with E-state index in [-0.39, 0.29) is 25.4 Å². The summed E-state index contributed by atoms with van der Waals surface area (Å²) < 4.78 is 57.6. The number of carbonyl (C=O) groups excluding carboxylic acids is 1. The minimum Gasteiger partial charge on any atom is -0.399 e. The fourth-order valence-corrected chi connectivity index (χ4v) is 3.67. The summed E-state index contributed by atoms with van der Waals surface area (Å²) in [5, 5.41) is 0. The molecule has 0 saturated carbocycles. The molecule has 2 rings (SSSR count). The summed E-state index contributed by atoms with van der Waals surface area (Å²) in [4.78, 5) is 10.4. The summed E-state index contributed by atoms with van der Waals surface area (Å²) in [6, 6.07) is 0.174. The highest BCUT2D eigenvalue weighted by Crippen LogP contribution is 2.26. The van der Waals surface area contributed by atoms with Crippen LogP contribution < -0.4 is 11.5 Å². The van der Waals surface area contributed by atoms with Crippen molar-refractivity contribution >= 4 is 21.6 Å². The number of hydrogen-bond donors (Lipinski definition) is 2. The Morgan fingerprint density at radius 2 is 2.05 bits per heavy atom. The lowest BCUT2D eigenvalue weighted by Gasteiger charge is -2.32. The van der Waals surface area contributed by atoms with Crippen molar-refractivity contribution in [1.82, 2.24) is 4.31 Å². The monoisotopic (exact) mass is 321 g/mol. The molecular formula is C11H13F2N3O4S. The van der Waals surface area contributed by atoms with Crippen molar-refractivity contribution in [2.24, 2.45) is 5.73 Å². The van der Waals surface area contributed by atoms with Gasteiger partial charge in [-0.2, -0.15) is 4.31 Å². The van der Waals surface area contributed by atoms with Crippen LogP contribution in [0.1, 0.15) is 0 Å². The predicted molar refractivity (Wildman–Crippen MR) is 68.5 cm³/mol. The van der Waals surface area contributed by atoms with Crippen LogP contribution in [0.25, 0.3) is 0 Å². The molecule has 1 amide bonds. The van der Waals surface area contributed by atoms with Crippen LogP contribution in [0.15, 0.2) is 17.0 Å². The van der Waals surface area contributed by atoms with E-state index in [9.17, 15) is 22.0 Å². The van der Waals surface area contributed by atoms with E-state index in [0.717, 1.165) is 6.07 Å². The Bertz CT molecular complexity index is 680. The van der Waals surface area contributed by atoms with Crippen LogP contribution in [-0.4, -0.2) is 44.4 Å². The highest BCUT2D eigenvalue weighted by molar-refractivity contribution is 7.89. The third-order valence-electron chi connectivity index (χ3n) is 3.01. The number of rotatable bonds is 3. The van der Waals surface area contributed by atoms with Gasteiger partial charge in [0.15, 0.2) is 11.6 Å². The van der Waals surface area contributed by atoms with E-state index in [1.54, 1.807) is 0 Å². The molecule has 1 aromatic carbocycles. The van der Waals surface area contributed by atoms with Gasteiger partial charge in [-0.1, -0.05) is 0 Å². The van der Waals surface area contributed by atoms with Gasteiger partial charge in [0, 0.05) is 12.2 Å². The Balaban J connectivity index is 2.53. The number of carbonyl (C=O) groups is 1. The number of nitrogen functional groups attached to an aromatic ring is 1. The largest absolute Gasteiger partial charge is 0.399 e. The van der Waals surface area contributed by atoms with Crippen molar-refractivity contribution in [1.29, 1.82) is 0 Å². The molecule has 0 bridgehead atoms. The number of ether oxygens (including phenoxy) is 1. The van der Waals surface area contributed by atoms with Crippen molar-refractivity contribution in [3.63, 3.8) is 0 Å². The maximum absolute atomic E-state index is 13.8. The Morgan fingerprint density at radius 1 is 1.38 bits per heavy atom. The number of halogens is 2. The van der Waals surface area contributed by atoms with Crippen LogP contribution in [0, 0.1) is 11.6 Å². The molecule has 0 aromatic heterocycles. The number of benzene rings is 1. The van der Waals surface area contributed by atoms with E-state index >= 15 is 0 Å². The third kappa shape index (κ3) is 2.82. The normalized spacial score (nSPS) is 20.4. The standard InChI is InChI=1S/C11H13F2N3O4S/c12-7-3-6(14)4-9(10(7)13)21(18,19)16-1-2-20-5-8(16)11(15)17/h3-4,8H,1-2,5,14H2,(H2,15,17). The Morgan fingerprint density at radius 3 is 2.67 bits per heavy atom. The fourth-order valence-electron chi connectivity index (χ4n) is 2.00. The molecule has 7 nitrogen and oxygen atoms in total.